The van der Waals surface area contributed by atoms with Gasteiger partial charge in [-0.2, -0.15) is 0 Å². The summed E-state index contributed by atoms with van der Waals surface area (Å²) in [7, 11) is 0. The van der Waals surface area contributed by atoms with Gasteiger partial charge in [-0.15, -0.1) is 0 Å². The Bertz CT molecular complexity index is 217. The molecule has 2 fully saturated rings. The highest BCUT2D eigenvalue weighted by Crippen LogP contribution is 2.62. The molecular formula is C13H25N. The van der Waals surface area contributed by atoms with Crippen LogP contribution in [0, 0.1) is 16.7 Å². The molecule has 3 atom stereocenters. The summed E-state index contributed by atoms with van der Waals surface area (Å²) in [6.07, 6.45) is 5.63. The van der Waals surface area contributed by atoms with Gasteiger partial charge in [0.15, 0.2) is 0 Å². The van der Waals surface area contributed by atoms with E-state index >= 15 is 0 Å². The third kappa shape index (κ3) is 1.32. The van der Waals surface area contributed by atoms with Crippen LogP contribution >= 0.6 is 0 Å². The summed E-state index contributed by atoms with van der Waals surface area (Å²) in [4.78, 5) is 0. The van der Waals surface area contributed by atoms with Crippen molar-refractivity contribution in [2.45, 2.75) is 59.4 Å². The summed E-state index contributed by atoms with van der Waals surface area (Å²) >= 11 is 0. The maximum Gasteiger partial charge on any atom is 0.0175 e. The van der Waals surface area contributed by atoms with Crippen LogP contribution in [0.5, 0.6) is 0 Å². The van der Waals surface area contributed by atoms with Gasteiger partial charge in [0.2, 0.25) is 0 Å². The molecule has 2 aliphatic rings. The Labute approximate surface area is 88.7 Å². The third-order valence-corrected chi connectivity index (χ3v) is 4.87. The molecule has 0 spiro atoms. The largest absolute Gasteiger partial charge is 0.313 e. The van der Waals surface area contributed by atoms with Gasteiger partial charge in [0, 0.05) is 6.04 Å². The Kier molecular flexibility index (Phi) is 2.42. The number of rotatable bonds is 3. The molecule has 14 heavy (non-hydrogen) atoms. The summed E-state index contributed by atoms with van der Waals surface area (Å²) in [5.74, 6) is 0.974. The van der Waals surface area contributed by atoms with Gasteiger partial charge in [-0.1, -0.05) is 27.7 Å². The minimum Gasteiger partial charge on any atom is -0.313 e. The van der Waals surface area contributed by atoms with E-state index in [1.807, 2.05) is 0 Å². The molecule has 2 bridgehead atoms. The first-order chi connectivity index (χ1) is 6.50. The Hall–Kier alpha value is -0.0400. The van der Waals surface area contributed by atoms with Gasteiger partial charge in [-0.3, -0.25) is 0 Å². The molecule has 0 aromatic rings. The second-order valence-corrected chi connectivity index (χ2v) is 6.30. The van der Waals surface area contributed by atoms with Gasteiger partial charge in [0.25, 0.3) is 0 Å². The van der Waals surface area contributed by atoms with Crippen LogP contribution in [-0.2, 0) is 0 Å². The third-order valence-electron chi connectivity index (χ3n) is 4.87. The first kappa shape index (κ1) is 10.5. The summed E-state index contributed by atoms with van der Waals surface area (Å²) in [6, 6.07) is 0.758. The van der Waals surface area contributed by atoms with Crippen LogP contribution in [-0.4, -0.2) is 12.6 Å². The van der Waals surface area contributed by atoms with E-state index in [4.69, 9.17) is 0 Å². The van der Waals surface area contributed by atoms with Crippen LogP contribution in [0.1, 0.15) is 53.4 Å². The average molecular weight is 195 g/mol. The topological polar surface area (TPSA) is 12.0 Å². The number of hydrogen-bond acceptors (Lipinski definition) is 1. The molecule has 0 amide bonds. The molecule has 1 nitrogen and oxygen atoms in total. The van der Waals surface area contributed by atoms with Crippen molar-refractivity contribution in [3.63, 3.8) is 0 Å². The SMILES string of the molecule is CCCN[C@@H]1C(C)(C)[C@@H]2CC[C@@]1(C)C2. The highest BCUT2D eigenvalue weighted by atomic mass is 15.0. The van der Waals surface area contributed by atoms with Gasteiger partial charge in [0.1, 0.15) is 0 Å². The van der Waals surface area contributed by atoms with Crippen molar-refractivity contribution in [1.82, 2.24) is 5.32 Å². The first-order valence-corrected chi connectivity index (χ1v) is 6.24. The van der Waals surface area contributed by atoms with Gasteiger partial charge < -0.3 is 5.32 Å². The first-order valence-electron chi connectivity index (χ1n) is 6.24. The Morgan fingerprint density at radius 1 is 1.29 bits per heavy atom. The molecule has 0 saturated heterocycles. The molecule has 1 N–H and O–H groups in total. The molecule has 1 heteroatoms. The van der Waals surface area contributed by atoms with Crippen molar-refractivity contribution in [2.24, 2.45) is 16.7 Å². The molecule has 0 heterocycles. The highest BCUT2D eigenvalue weighted by Gasteiger charge is 2.58. The van der Waals surface area contributed by atoms with Crippen LogP contribution in [0.3, 0.4) is 0 Å². The van der Waals surface area contributed by atoms with Crippen molar-refractivity contribution in [3.05, 3.63) is 0 Å². The number of fused-ring (bicyclic) bond motifs is 2. The molecule has 0 aromatic heterocycles. The van der Waals surface area contributed by atoms with Crippen molar-refractivity contribution in [2.75, 3.05) is 6.54 Å². The van der Waals surface area contributed by atoms with Crippen molar-refractivity contribution in [3.8, 4) is 0 Å². The van der Waals surface area contributed by atoms with Crippen LogP contribution in [0.4, 0.5) is 0 Å². The molecule has 0 radical (unpaired) electrons. The standard InChI is InChI=1S/C13H25N/c1-5-8-14-11-12(2,3)10-6-7-13(11,4)9-10/h10-11,14H,5-9H2,1-4H3/t10-,11-,13+/m1/s1. The minimum absolute atomic E-state index is 0.530. The second-order valence-electron chi connectivity index (χ2n) is 6.30. The van der Waals surface area contributed by atoms with E-state index < -0.39 is 0 Å². The lowest BCUT2D eigenvalue weighted by Crippen LogP contribution is -2.50. The Balaban J connectivity index is 2.13. The smallest absolute Gasteiger partial charge is 0.0175 e. The van der Waals surface area contributed by atoms with Gasteiger partial charge in [-0.25, -0.2) is 0 Å². The van der Waals surface area contributed by atoms with E-state index in [-0.39, 0.29) is 0 Å². The van der Waals surface area contributed by atoms with Crippen LogP contribution < -0.4 is 5.32 Å². The summed E-state index contributed by atoms with van der Waals surface area (Å²) in [5, 5.41) is 3.79. The zero-order valence-electron chi connectivity index (χ0n) is 10.2. The second kappa shape index (κ2) is 3.23. The predicted molar refractivity (Wildman–Crippen MR) is 61.3 cm³/mol. The van der Waals surface area contributed by atoms with Gasteiger partial charge in [-0.05, 0) is 49.0 Å². The quantitative estimate of drug-likeness (QED) is 0.729. The number of hydrogen-bond donors (Lipinski definition) is 1. The monoisotopic (exact) mass is 195 g/mol. The lowest BCUT2D eigenvalue weighted by molar-refractivity contribution is 0.109. The lowest BCUT2D eigenvalue weighted by Gasteiger charge is -2.43. The molecule has 2 aliphatic carbocycles. The van der Waals surface area contributed by atoms with E-state index in [0.717, 1.165) is 12.0 Å². The summed E-state index contributed by atoms with van der Waals surface area (Å²) < 4.78 is 0. The van der Waals surface area contributed by atoms with Crippen LogP contribution in [0.15, 0.2) is 0 Å². The summed E-state index contributed by atoms with van der Waals surface area (Å²) in [6.45, 7) is 10.9. The van der Waals surface area contributed by atoms with E-state index in [2.05, 4.69) is 33.0 Å². The maximum absolute atomic E-state index is 3.79. The minimum atomic E-state index is 0.530. The average Bonchev–Trinajstić information content (AvgIpc) is 2.55. The van der Waals surface area contributed by atoms with Crippen molar-refractivity contribution >= 4 is 0 Å². The molecule has 82 valence electrons. The Morgan fingerprint density at radius 2 is 2.00 bits per heavy atom. The maximum atomic E-state index is 3.79. The van der Waals surface area contributed by atoms with Crippen LogP contribution in [0.25, 0.3) is 0 Å². The summed E-state index contributed by atoms with van der Waals surface area (Å²) in [5.41, 5.74) is 1.13. The van der Waals surface area contributed by atoms with E-state index in [1.165, 1.54) is 32.2 Å². The highest BCUT2D eigenvalue weighted by molar-refractivity contribution is 5.11. The molecule has 0 unspecified atom stereocenters. The lowest BCUT2D eigenvalue weighted by atomic mass is 9.68. The predicted octanol–water partition coefficient (Wildman–Crippen LogP) is 3.20. The zero-order valence-corrected chi connectivity index (χ0v) is 10.2. The number of nitrogens with one attached hydrogen (secondary N) is 1. The fraction of sp³-hybridized carbons (Fsp3) is 1.00. The molecule has 0 aromatic carbocycles. The van der Waals surface area contributed by atoms with Gasteiger partial charge in [0.05, 0.1) is 0 Å². The fourth-order valence-electron chi connectivity index (χ4n) is 4.10. The van der Waals surface area contributed by atoms with Crippen molar-refractivity contribution in [1.29, 1.82) is 0 Å². The van der Waals surface area contributed by atoms with E-state index in [0.29, 0.717) is 10.8 Å². The molecule has 0 aliphatic heterocycles. The molecule has 2 rings (SSSR count). The Morgan fingerprint density at radius 3 is 2.50 bits per heavy atom. The van der Waals surface area contributed by atoms with Crippen LogP contribution in [0.2, 0.25) is 0 Å². The normalized spacial score (nSPS) is 44.6. The van der Waals surface area contributed by atoms with Gasteiger partial charge >= 0.3 is 0 Å². The fourth-order valence-corrected chi connectivity index (χ4v) is 4.10. The zero-order chi connectivity index (χ0) is 10.4. The van der Waals surface area contributed by atoms with E-state index in [9.17, 15) is 0 Å². The molecular weight excluding hydrogens is 170 g/mol. The van der Waals surface area contributed by atoms with Crippen molar-refractivity contribution < 1.29 is 0 Å². The molecule has 2 saturated carbocycles. The van der Waals surface area contributed by atoms with E-state index in [1.54, 1.807) is 0 Å².